The van der Waals surface area contributed by atoms with E-state index in [1.54, 1.807) is 0 Å². The number of hydrogen-bond acceptors (Lipinski definition) is 3. The summed E-state index contributed by atoms with van der Waals surface area (Å²) in [6.07, 6.45) is -1.38. The van der Waals surface area contributed by atoms with Crippen molar-refractivity contribution in [2.75, 3.05) is 7.11 Å². The van der Waals surface area contributed by atoms with E-state index in [-0.39, 0.29) is 18.4 Å². The molecule has 0 radical (unpaired) electrons. The Balaban J connectivity index is 3.93. The minimum Gasteiger partial charge on any atom is -0.479 e. The summed E-state index contributed by atoms with van der Waals surface area (Å²) in [7, 11) is 1.51. The van der Waals surface area contributed by atoms with Crippen molar-refractivity contribution in [2.24, 2.45) is 5.92 Å². The van der Waals surface area contributed by atoms with Gasteiger partial charge in [0.25, 0.3) is 0 Å². The number of aliphatic carboxylic acids is 1. The van der Waals surface area contributed by atoms with Gasteiger partial charge in [-0.3, -0.25) is 0 Å². The number of carbonyl (C=O) groups is 1. The summed E-state index contributed by atoms with van der Waals surface area (Å²) >= 11 is 0. The summed E-state index contributed by atoms with van der Waals surface area (Å²) < 4.78 is 5.01. The molecule has 0 saturated carbocycles. The Hall–Kier alpha value is -0.610. The highest BCUT2D eigenvalue weighted by atomic mass is 16.5. The summed E-state index contributed by atoms with van der Waals surface area (Å²) in [5, 5.41) is 17.4. The first-order chi connectivity index (χ1) is 5.49. The topological polar surface area (TPSA) is 66.8 Å². The lowest BCUT2D eigenvalue weighted by Gasteiger charge is -2.20. The molecule has 4 nitrogen and oxygen atoms in total. The lowest BCUT2D eigenvalue weighted by atomic mass is 10.0. The fraction of sp³-hybridized carbons (Fsp3) is 0.875. The van der Waals surface area contributed by atoms with Crippen LogP contribution in [0.1, 0.15) is 20.3 Å². The maximum atomic E-state index is 10.3. The van der Waals surface area contributed by atoms with Crippen molar-refractivity contribution in [3.63, 3.8) is 0 Å². The number of methoxy groups -OCH3 is 1. The summed E-state index contributed by atoms with van der Waals surface area (Å²) in [5.41, 5.74) is 0. The normalized spacial score (nSPS) is 16.1. The fourth-order valence-electron chi connectivity index (χ4n) is 0.961. The van der Waals surface area contributed by atoms with Gasteiger partial charge in [-0.25, -0.2) is 4.79 Å². The van der Waals surface area contributed by atoms with E-state index in [0.717, 1.165) is 0 Å². The van der Waals surface area contributed by atoms with Gasteiger partial charge in [-0.1, -0.05) is 13.8 Å². The average molecular weight is 176 g/mol. The highest BCUT2D eigenvalue weighted by molar-refractivity contribution is 5.71. The van der Waals surface area contributed by atoms with Gasteiger partial charge in [-0.05, 0) is 5.92 Å². The van der Waals surface area contributed by atoms with E-state index in [2.05, 4.69) is 0 Å². The van der Waals surface area contributed by atoms with Crippen LogP contribution in [0, 0.1) is 5.92 Å². The van der Waals surface area contributed by atoms with Crippen LogP contribution in [0.2, 0.25) is 0 Å². The van der Waals surface area contributed by atoms with Gasteiger partial charge in [0, 0.05) is 13.5 Å². The number of carboxylic acid groups (broad SMARTS) is 1. The maximum Gasteiger partial charge on any atom is 0.332 e. The Morgan fingerprint density at radius 3 is 2.25 bits per heavy atom. The highest BCUT2D eigenvalue weighted by Gasteiger charge is 2.21. The molecular weight excluding hydrogens is 160 g/mol. The highest BCUT2D eigenvalue weighted by Crippen LogP contribution is 2.12. The molecule has 0 fully saturated rings. The van der Waals surface area contributed by atoms with Crippen molar-refractivity contribution in [1.82, 2.24) is 0 Å². The van der Waals surface area contributed by atoms with Gasteiger partial charge in [0.1, 0.15) is 0 Å². The van der Waals surface area contributed by atoms with Crippen LogP contribution in [0.3, 0.4) is 0 Å². The van der Waals surface area contributed by atoms with Crippen LogP contribution in [-0.4, -0.2) is 35.5 Å². The van der Waals surface area contributed by atoms with Gasteiger partial charge in [0.15, 0.2) is 6.10 Å². The molecule has 12 heavy (non-hydrogen) atoms. The van der Waals surface area contributed by atoms with Crippen LogP contribution in [0.25, 0.3) is 0 Å². The molecule has 0 amide bonds. The summed E-state index contributed by atoms with van der Waals surface area (Å²) in [6, 6.07) is 0. The zero-order chi connectivity index (χ0) is 9.72. The molecule has 0 aliphatic rings. The van der Waals surface area contributed by atoms with Gasteiger partial charge in [-0.15, -0.1) is 0 Å². The SMILES string of the molecule is COC(CC(O)C(=O)O)C(C)C. The van der Waals surface area contributed by atoms with Crippen molar-refractivity contribution in [3.05, 3.63) is 0 Å². The number of ether oxygens (including phenoxy) is 1. The molecule has 4 heteroatoms. The average Bonchev–Trinajstić information content (AvgIpc) is 1.98. The molecule has 0 aromatic carbocycles. The monoisotopic (exact) mass is 176 g/mol. The largest absolute Gasteiger partial charge is 0.479 e. The third-order valence-corrected chi connectivity index (χ3v) is 1.79. The second-order valence-electron chi connectivity index (χ2n) is 3.11. The predicted octanol–water partition coefficient (Wildman–Crippen LogP) is 0.493. The lowest BCUT2D eigenvalue weighted by molar-refractivity contribution is -0.148. The van der Waals surface area contributed by atoms with E-state index in [1.165, 1.54) is 7.11 Å². The smallest absolute Gasteiger partial charge is 0.332 e. The molecule has 0 bridgehead atoms. The molecule has 0 spiro atoms. The van der Waals surface area contributed by atoms with Crippen molar-refractivity contribution < 1.29 is 19.7 Å². The minimum atomic E-state index is -1.32. The molecule has 0 aromatic heterocycles. The Kier molecular flexibility index (Phi) is 4.85. The molecule has 0 saturated heterocycles. The standard InChI is InChI=1S/C8H16O4/c1-5(2)7(12-3)4-6(9)8(10)11/h5-7,9H,4H2,1-3H3,(H,10,11). The Bertz CT molecular complexity index is 144. The van der Waals surface area contributed by atoms with E-state index < -0.39 is 12.1 Å². The van der Waals surface area contributed by atoms with E-state index in [4.69, 9.17) is 14.9 Å². The first-order valence-electron chi connectivity index (χ1n) is 3.92. The molecule has 0 aliphatic heterocycles. The first-order valence-corrected chi connectivity index (χ1v) is 3.92. The summed E-state index contributed by atoms with van der Waals surface area (Å²) in [5.74, 6) is -0.985. The molecule has 2 unspecified atom stereocenters. The number of aliphatic hydroxyl groups excluding tert-OH is 1. The second-order valence-corrected chi connectivity index (χ2v) is 3.11. The lowest BCUT2D eigenvalue weighted by Crippen LogP contribution is -2.29. The zero-order valence-electron chi connectivity index (χ0n) is 7.65. The molecule has 2 N–H and O–H groups in total. The van der Waals surface area contributed by atoms with Crippen LogP contribution in [0.5, 0.6) is 0 Å². The van der Waals surface area contributed by atoms with Crippen molar-refractivity contribution in [3.8, 4) is 0 Å². The second kappa shape index (κ2) is 5.11. The Morgan fingerprint density at radius 2 is 2.00 bits per heavy atom. The Morgan fingerprint density at radius 1 is 1.50 bits per heavy atom. The minimum absolute atomic E-state index is 0.142. The molecule has 72 valence electrons. The number of carboxylic acids is 1. The van der Waals surface area contributed by atoms with Crippen LogP contribution in [-0.2, 0) is 9.53 Å². The zero-order valence-corrected chi connectivity index (χ0v) is 7.65. The third kappa shape index (κ3) is 3.69. The van der Waals surface area contributed by atoms with Crippen molar-refractivity contribution >= 4 is 5.97 Å². The van der Waals surface area contributed by atoms with Crippen LogP contribution >= 0.6 is 0 Å². The van der Waals surface area contributed by atoms with E-state index in [0.29, 0.717) is 0 Å². The van der Waals surface area contributed by atoms with Gasteiger partial charge in [0.2, 0.25) is 0 Å². The molecule has 0 heterocycles. The van der Waals surface area contributed by atoms with E-state index >= 15 is 0 Å². The number of rotatable bonds is 5. The first kappa shape index (κ1) is 11.4. The molecular formula is C8H16O4. The number of aliphatic hydroxyl groups is 1. The summed E-state index contributed by atoms with van der Waals surface area (Å²) in [6.45, 7) is 3.84. The van der Waals surface area contributed by atoms with Crippen LogP contribution in [0.4, 0.5) is 0 Å². The van der Waals surface area contributed by atoms with Crippen LogP contribution < -0.4 is 0 Å². The Labute approximate surface area is 72.2 Å². The summed E-state index contributed by atoms with van der Waals surface area (Å²) in [4.78, 5) is 10.3. The van der Waals surface area contributed by atoms with Gasteiger partial charge >= 0.3 is 5.97 Å². The fourth-order valence-corrected chi connectivity index (χ4v) is 0.961. The molecule has 0 aliphatic carbocycles. The van der Waals surface area contributed by atoms with Crippen molar-refractivity contribution in [1.29, 1.82) is 0 Å². The van der Waals surface area contributed by atoms with E-state index in [1.807, 2.05) is 13.8 Å². The molecule has 0 rings (SSSR count). The molecule has 0 aromatic rings. The van der Waals surface area contributed by atoms with Gasteiger partial charge in [-0.2, -0.15) is 0 Å². The number of hydrogen-bond donors (Lipinski definition) is 2. The van der Waals surface area contributed by atoms with E-state index in [9.17, 15) is 4.79 Å². The quantitative estimate of drug-likeness (QED) is 0.640. The van der Waals surface area contributed by atoms with Crippen molar-refractivity contribution in [2.45, 2.75) is 32.5 Å². The third-order valence-electron chi connectivity index (χ3n) is 1.79. The van der Waals surface area contributed by atoms with Gasteiger partial charge < -0.3 is 14.9 Å². The van der Waals surface area contributed by atoms with Crippen LogP contribution in [0.15, 0.2) is 0 Å². The predicted molar refractivity (Wildman–Crippen MR) is 43.9 cm³/mol. The molecule has 2 atom stereocenters. The maximum absolute atomic E-state index is 10.3. The van der Waals surface area contributed by atoms with Gasteiger partial charge in [0.05, 0.1) is 6.10 Å².